The van der Waals surface area contributed by atoms with E-state index in [2.05, 4.69) is 5.32 Å². The molecule has 3 aliphatic heterocycles. The van der Waals surface area contributed by atoms with E-state index in [-0.39, 0.29) is 30.7 Å². The number of carbonyl (C=O) groups is 4. The molecule has 3 heterocycles. The molecule has 1 aromatic carbocycles. The van der Waals surface area contributed by atoms with E-state index in [4.69, 9.17) is 33.2 Å². The molecule has 0 amide bonds. The number of hydrogen-bond donors (Lipinski definition) is 7. The van der Waals surface area contributed by atoms with E-state index in [9.17, 15) is 49.8 Å². The van der Waals surface area contributed by atoms with Gasteiger partial charge in [0.05, 0.1) is 37.3 Å². The number of aliphatic hydroxyl groups is 6. The summed E-state index contributed by atoms with van der Waals surface area (Å²) >= 11 is 0. The molecule has 7 N–H and O–H groups in total. The van der Waals surface area contributed by atoms with Crippen LogP contribution in [0, 0.1) is 0 Å². The highest BCUT2D eigenvalue weighted by Gasteiger charge is 2.54. The summed E-state index contributed by atoms with van der Waals surface area (Å²) in [5, 5.41) is 65.9. The highest BCUT2D eigenvalue weighted by atomic mass is 16.8. The number of nitrogens with one attached hydrogen (secondary N) is 1. The lowest BCUT2D eigenvalue weighted by atomic mass is 9.94. The maximum atomic E-state index is 13.3. The van der Waals surface area contributed by atoms with Crippen LogP contribution in [0.1, 0.15) is 44.0 Å². The van der Waals surface area contributed by atoms with Gasteiger partial charge in [-0.2, -0.15) is 0 Å². The van der Waals surface area contributed by atoms with Crippen LogP contribution in [0.2, 0.25) is 0 Å². The summed E-state index contributed by atoms with van der Waals surface area (Å²) < 4.78 is 40.5. The zero-order chi connectivity index (χ0) is 36.7. The number of aliphatic hydroxyl groups excluding tert-OH is 6. The second-order valence-electron chi connectivity index (χ2n) is 12.3. The molecule has 0 aliphatic carbocycles. The zero-order valence-corrected chi connectivity index (χ0v) is 27.7. The van der Waals surface area contributed by atoms with Crippen molar-refractivity contribution in [2.75, 3.05) is 19.8 Å². The maximum Gasteiger partial charge on any atom is 0.338 e. The molecule has 3 saturated heterocycles. The molecule has 18 heteroatoms. The van der Waals surface area contributed by atoms with E-state index in [1.165, 1.54) is 26.0 Å². The highest BCUT2D eigenvalue weighted by Crippen LogP contribution is 2.33. The minimum atomic E-state index is -1.79. The Hall–Kier alpha value is -3.14. The summed E-state index contributed by atoms with van der Waals surface area (Å²) in [5.74, 6) is -2.94. The van der Waals surface area contributed by atoms with Gasteiger partial charge in [0.15, 0.2) is 24.8 Å². The maximum absolute atomic E-state index is 13.3. The second kappa shape index (κ2) is 17.9. The molecule has 4 rings (SSSR count). The van der Waals surface area contributed by atoms with Crippen LogP contribution in [0.25, 0.3) is 0 Å². The quantitative estimate of drug-likeness (QED) is 0.0796. The first-order chi connectivity index (χ1) is 23.7. The van der Waals surface area contributed by atoms with Gasteiger partial charge in [-0.25, -0.2) is 4.79 Å². The fourth-order valence-electron chi connectivity index (χ4n) is 5.87. The van der Waals surface area contributed by atoms with Gasteiger partial charge in [-0.1, -0.05) is 18.2 Å². The van der Waals surface area contributed by atoms with Crippen LogP contribution in [0.4, 0.5) is 0 Å². The SMILES string of the molecule is CC(=O)CCC(=O)O[C@H]1[C@@H](O)[C@@H](CO)O[C@@H](O[C@H]2[C@H](O[C@@H]3O[C@@H](C)[C@@H](O)[C@@H](O)[C@@H]3O)[C@@H](OC(C)=O)CN[C@@H]2CO)[C@@H]1OC(=O)c1ccccc1. The van der Waals surface area contributed by atoms with Gasteiger partial charge in [-0.05, 0) is 26.0 Å². The van der Waals surface area contributed by atoms with Gasteiger partial charge in [0.2, 0.25) is 0 Å². The lowest BCUT2D eigenvalue weighted by Crippen LogP contribution is -2.69. The minimum Gasteiger partial charge on any atom is -0.458 e. The van der Waals surface area contributed by atoms with E-state index in [1.807, 2.05) is 0 Å². The van der Waals surface area contributed by atoms with E-state index in [1.54, 1.807) is 18.2 Å². The molecule has 0 radical (unpaired) electrons. The standard InChI is InChI=1S/C32H45NO17/c1-14(36)9-10-21(38)47-28-23(40)20(13-35)46-32(29(28)48-30(43)17-7-5-4-6-8-17)49-26-18(12-34)33-11-19(45-16(3)37)27(26)50-31-25(42)24(41)22(39)15(2)44-31/h4-8,15,18-20,22-29,31-35,39-42H,9-13H2,1-3H3/t15-,18+,19-,20+,22+,23-,24+,25-,26+,27+,28-,29+,31-,32-/m0/s1. The Balaban J connectivity index is 1.72. The first-order valence-corrected chi connectivity index (χ1v) is 16.2. The van der Waals surface area contributed by atoms with Crippen molar-refractivity contribution in [2.45, 2.75) is 119 Å². The molecule has 18 nitrogen and oxygen atoms in total. The van der Waals surface area contributed by atoms with Crippen LogP contribution in [-0.4, -0.2) is 160 Å². The van der Waals surface area contributed by atoms with Gasteiger partial charge >= 0.3 is 17.9 Å². The monoisotopic (exact) mass is 715 g/mol. The molecule has 0 spiro atoms. The van der Waals surface area contributed by atoms with Crippen molar-refractivity contribution >= 4 is 23.7 Å². The third kappa shape index (κ3) is 9.59. The van der Waals surface area contributed by atoms with Gasteiger partial charge in [0, 0.05) is 19.9 Å². The van der Waals surface area contributed by atoms with Gasteiger partial charge in [-0.3, -0.25) is 9.59 Å². The van der Waals surface area contributed by atoms with Crippen LogP contribution >= 0.6 is 0 Å². The average Bonchev–Trinajstić information content (AvgIpc) is 3.09. The van der Waals surface area contributed by atoms with Gasteiger partial charge in [0.25, 0.3) is 0 Å². The largest absolute Gasteiger partial charge is 0.458 e. The van der Waals surface area contributed by atoms with Crippen LogP contribution in [0.3, 0.4) is 0 Å². The number of carbonyl (C=O) groups excluding carboxylic acids is 4. The van der Waals surface area contributed by atoms with E-state index >= 15 is 0 Å². The van der Waals surface area contributed by atoms with Crippen molar-refractivity contribution in [2.24, 2.45) is 0 Å². The molecule has 0 bridgehead atoms. The number of rotatable bonds is 13. The number of Topliss-reactive ketones (excluding diaryl/α,β-unsaturated/α-hetero) is 1. The molecule has 3 fully saturated rings. The number of ether oxygens (including phenoxy) is 7. The Kier molecular flexibility index (Phi) is 14.2. The van der Waals surface area contributed by atoms with Crippen molar-refractivity contribution in [3.05, 3.63) is 35.9 Å². The summed E-state index contributed by atoms with van der Waals surface area (Å²) in [6.07, 6.45) is -20.7. The summed E-state index contributed by atoms with van der Waals surface area (Å²) in [6.45, 7) is 2.26. The number of ketones is 1. The van der Waals surface area contributed by atoms with Gasteiger partial charge in [0.1, 0.15) is 54.6 Å². The smallest absolute Gasteiger partial charge is 0.338 e. The minimum absolute atomic E-state index is 0.0636. The molecule has 3 aliphatic rings. The van der Waals surface area contributed by atoms with Crippen molar-refractivity contribution in [1.29, 1.82) is 0 Å². The Bertz CT molecular complexity index is 1300. The molecule has 280 valence electrons. The zero-order valence-electron chi connectivity index (χ0n) is 27.7. The van der Waals surface area contributed by atoms with Crippen LogP contribution in [0.5, 0.6) is 0 Å². The van der Waals surface area contributed by atoms with Crippen molar-refractivity contribution in [3.8, 4) is 0 Å². The first-order valence-electron chi connectivity index (χ1n) is 16.2. The molecule has 14 atom stereocenters. The normalized spacial score (nSPS) is 37.4. The summed E-state index contributed by atoms with van der Waals surface area (Å²) in [7, 11) is 0. The Morgan fingerprint density at radius 2 is 1.44 bits per heavy atom. The first kappa shape index (κ1) is 39.6. The van der Waals surface area contributed by atoms with Crippen molar-refractivity contribution in [1.82, 2.24) is 5.32 Å². The number of benzene rings is 1. The highest BCUT2D eigenvalue weighted by molar-refractivity contribution is 5.89. The third-order valence-corrected chi connectivity index (χ3v) is 8.57. The number of piperidine rings is 1. The van der Waals surface area contributed by atoms with Crippen LogP contribution in [0.15, 0.2) is 30.3 Å². The molecule has 50 heavy (non-hydrogen) atoms. The predicted octanol–water partition coefficient (Wildman–Crippen LogP) is -2.94. The average molecular weight is 716 g/mol. The fraction of sp³-hybridized carbons (Fsp3) is 0.688. The van der Waals surface area contributed by atoms with E-state index in [0.717, 1.165) is 6.92 Å². The number of esters is 3. The molecule has 0 unspecified atom stereocenters. The molecular formula is C32H45NO17. The predicted molar refractivity (Wildman–Crippen MR) is 164 cm³/mol. The topological polar surface area (TPSA) is 266 Å². The lowest BCUT2D eigenvalue weighted by Gasteiger charge is -2.48. The van der Waals surface area contributed by atoms with Crippen LogP contribution < -0.4 is 5.32 Å². The molecule has 1 aromatic rings. The molecule has 0 aromatic heterocycles. The summed E-state index contributed by atoms with van der Waals surface area (Å²) in [6, 6.07) is 6.61. The lowest BCUT2D eigenvalue weighted by molar-refractivity contribution is -0.350. The molecular weight excluding hydrogens is 670 g/mol. The van der Waals surface area contributed by atoms with Crippen molar-refractivity contribution < 1.29 is 83.0 Å². The third-order valence-electron chi connectivity index (χ3n) is 8.57. The number of hydrogen-bond acceptors (Lipinski definition) is 18. The van der Waals surface area contributed by atoms with E-state index < -0.39 is 117 Å². The fourth-order valence-corrected chi connectivity index (χ4v) is 5.87. The Morgan fingerprint density at radius 1 is 0.760 bits per heavy atom. The summed E-state index contributed by atoms with van der Waals surface area (Å²) in [5.41, 5.74) is 0.0636. The van der Waals surface area contributed by atoms with Gasteiger partial charge < -0.3 is 73.9 Å². The van der Waals surface area contributed by atoms with E-state index in [0.29, 0.717) is 0 Å². The van der Waals surface area contributed by atoms with Crippen molar-refractivity contribution in [3.63, 3.8) is 0 Å². The van der Waals surface area contributed by atoms with Gasteiger partial charge in [-0.15, -0.1) is 0 Å². The van der Waals surface area contributed by atoms with Crippen LogP contribution in [-0.2, 0) is 47.5 Å². The summed E-state index contributed by atoms with van der Waals surface area (Å²) in [4.78, 5) is 49.8. The molecule has 0 saturated carbocycles. The Morgan fingerprint density at radius 3 is 2.06 bits per heavy atom. The second-order valence-corrected chi connectivity index (χ2v) is 12.3. The Labute approximate surface area is 287 Å².